The first-order chi connectivity index (χ1) is 6.35. The van der Waals surface area contributed by atoms with E-state index in [0.717, 1.165) is 11.3 Å². The highest BCUT2D eigenvalue weighted by atomic mass is 16.6. The van der Waals surface area contributed by atoms with Crippen molar-refractivity contribution >= 4 is 0 Å². The number of epoxide rings is 1. The van der Waals surface area contributed by atoms with Crippen molar-refractivity contribution in [2.45, 2.75) is 12.2 Å². The maximum atomic E-state index is 8.81. The first kappa shape index (κ1) is 8.53. The molecule has 1 aromatic carbocycles. The summed E-state index contributed by atoms with van der Waals surface area (Å²) in [4.78, 5) is 0. The number of hydrogen-bond donors (Lipinski definition) is 1. The van der Waals surface area contributed by atoms with Crippen molar-refractivity contribution < 1.29 is 14.6 Å². The summed E-state index contributed by atoms with van der Waals surface area (Å²) in [6.07, 6.45) is 0.0345. The molecule has 1 aromatic rings. The Labute approximate surface area is 76.9 Å². The lowest BCUT2D eigenvalue weighted by molar-refractivity contribution is 0.242. The minimum absolute atomic E-state index is 0.0212. The molecule has 2 rings (SSSR count). The van der Waals surface area contributed by atoms with Gasteiger partial charge in [-0.3, -0.25) is 0 Å². The summed E-state index contributed by atoms with van der Waals surface area (Å²) >= 11 is 0. The Morgan fingerprint density at radius 2 is 2.38 bits per heavy atom. The van der Waals surface area contributed by atoms with Crippen molar-refractivity contribution in [3.05, 3.63) is 29.8 Å². The number of rotatable bonds is 3. The van der Waals surface area contributed by atoms with Crippen molar-refractivity contribution in [1.82, 2.24) is 0 Å². The predicted octanol–water partition coefficient (Wildman–Crippen LogP) is 1.13. The molecule has 0 aromatic heterocycles. The zero-order valence-corrected chi connectivity index (χ0v) is 7.43. The smallest absolute Gasteiger partial charge is 0.119 e. The molecule has 2 unspecified atom stereocenters. The number of ether oxygens (including phenoxy) is 2. The zero-order valence-electron chi connectivity index (χ0n) is 7.43. The van der Waals surface area contributed by atoms with Gasteiger partial charge in [-0.15, -0.1) is 0 Å². The summed E-state index contributed by atoms with van der Waals surface area (Å²) in [5.74, 6) is 0.824. The van der Waals surface area contributed by atoms with Crippen molar-refractivity contribution in [3.63, 3.8) is 0 Å². The molecule has 0 saturated carbocycles. The van der Waals surface area contributed by atoms with Gasteiger partial charge in [0.15, 0.2) is 0 Å². The first-order valence-electron chi connectivity index (χ1n) is 4.25. The van der Waals surface area contributed by atoms with Crippen LogP contribution in [0.5, 0.6) is 5.75 Å². The molecule has 0 spiro atoms. The SMILES string of the molecule is COc1cccc(C2OC2CO)c1. The van der Waals surface area contributed by atoms with E-state index in [1.807, 2.05) is 24.3 Å². The third-order valence-corrected chi connectivity index (χ3v) is 2.18. The molecule has 1 aliphatic rings. The number of aliphatic hydroxyl groups excluding tert-OH is 1. The van der Waals surface area contributed by atoms with Gasteiger partial charge in [-0.05, 0) is 17.7 Å². The third kappa shape index (κ3) is 1.66. The molecule has 2 atom stereocenters. The molecule has 1 heterocycles. The lowest BCUT2D eigenvalue weighted by atomic mass is 10.1. The fraction of sp³-hybridized carbons (Fsp3) is 0.400. The van der Waals surface area contributed by atoms with Gasteiger partial charge < -0.3 is 14.6 Å². The Bertz CT molecular complexity index is 298. The second-order valence-electron chi connectivity index (χ2n) is 3.05. The number of methoxy groups -OCH3 is 1. The number of hydrogen-bond acceptors (Lipinski definition) is 3. The van der Waals surface area contributed by atoms with E-state index in [0.29, 0.717) is 0 Å². The zero-order chi connectivity index (χ0) is 9.26. The van der Waals surface area contributed by atoms with Crippen LogP contribution in [-0.2, 0) is 4.74 Å². The molecule has 0 radical (unpaired) electrons. The summed E-state index contributed by atoms with van der Waals surface area (Å²) in [5, 5.41) is 8.81. The van der Waals surface area contributed by atoms with Gasteiger partial charge in [-0.2, -0.15) is 0 Å². The van der Waals surface area contributed by atoms with Crippen molar-refractivity contribution in [3.8, 4) is 5.75 Å². The minimum atomic E-state index is -0.0212. The van der Waals surface area contributed by atoms with Gasteiger partial charge in [-0.1, -0.05) is 12.1 Å². The Balaban J connectivity index is 2.13. The molecule has 1 N–H and O–H groups in total. The Kier molecular flexibility index (Phi) is 2.20. The van der Waals surface area contributed by atoms with Gasteiger partial charge >= 0.3 is 0 Å². The largest absolute Gasteiger partial charge is 0.497 e. The van der Waals surface area contributed by atoms with Crippen LogP contribution in [0.3, 0.4) is 0 Å². The highest BCUT2D eigenvalue weighted by Crippen LogP contribution is 2.39. The molecule has 70 valence electrons. The van der Waals surface area contributed by atoms with Crippen LogP contribution in [-0.4, -0.2) is 24.9 Å². The van der Waals surface area contributed by atoms with Crippen LogP contribution in [0.15, 0.2) is 24.3 Å². The van der Waals surface area contributed by atoms with Gasteiger partial charge in [0.25, 0.3) is 0 Å². The van der Waals surface area contributed by atoms with E-state index in [-0.39, 0.29) is 18.8 Å². The van der Waals surface area contributed by atoms with Gasteiger partial charge in [0.2, 0.25) is 0 Å². The number of aliphatic hydroxyl groups is 1. The second kappa shape index (κ2) is 3.36. The van der Waals surface area contributed by atoms with Gasteiger partial charge in [0, 0.05) is 0 Å². The van der Waals surface area contributed by atoms with E-state index in [1.54, 1.807) is 7.11 Å². The topological polar surface area (TPSA) is 42.0 Å². The monoisotopic (exact) mass is 180 g/mol. The van der Waals surface area contributed by atoms with Crippen LogP contribution in [0, 0.1) is 0 Å². The standard InChI is InChI=1S/C10H12O3/c1-12-8-4-2-3-7(5-8)10-9(6-11)13-10/h2-5,9-11H,6H2,1H3. The fourth-order valence-corrected chi connectivity index (χ4v) is 1.39. The Morgan fingerprint density at radius 3 is 3.00 bits per heavy atom. The van der Waals surface area contributed by atoms with E-state index < -0.39 is 0 Å². The van der Waals surface area contributed by atoms with Gasteiger partial charge in [0.05, 0.1) is 13.7 Å². The van der Waals surface area contributed by atoms with E-state index in [4.69, 9.17) is 14.6 Å². The molecule has 1 saturated heterocycles. The lowest BCUT2D eigenvalue weighted by Crippen LogP contribution is -1.94. The molecule has 3 heteroatoms. The Morgan fingerprint density at radius 1 is 1.54 bits per heavy atom. The van der Waals surface area contributed by atoms with Crippen molar-refractivity contribution in [2.24, 2.45) is 0 Å². The molecular formula is C10H12O3. The minimum Gasteiger partial charge on any atom is -0.497 e. The predicted molar refractivity (Wildman–Crippen MR) is 47.7 cm³/mol. The van der Waals surface area contributed by atoms with E-state index >= 15 is 0 Å². The van der Waals surface area contributed by atoms with E-state index in [1.165, 1.54) is 0 Å². The summed E-state index contributed by atoms with van der Waals surface area (Å²) in [7, 11) is 1.64. The van der Waals surface area contributed by atoms with Gasteiger partial charge in [0.1, 0.15) is 18.0 Å². The molecule has 1 fully saturated rings. The average Bonchev–Trinajstić information content (AvgIpc) is 2.97. The summed E-state index contributed by atoms with van der Waals surface area (Å²) < 4.78 is 10.3. The quantitative estimate of drug-likeness (QED) is 0.709. The molecule has 13 heavy (non-hydrogen) atoms. The molecule has 1 aliphatic heterocycles. The van der Waals surface area contributed by atoms with Crippen LogP contribution < -0.4 is 4.74 Å². The third-order valence-electron chi connectivity index (χ3n) is 2.18. The first-order valence-corrected chi connectivity index (χ1v) is 4.25. The maximum Gasteiger partial charge on any atom is 0.119 e. The average molecular weight is 180 g/mol. The summed E-state index contributed by atoms with van der Waals surface area (Å²) in [6, 6.07) is 7.72. The van der Waals surface area contributed by atoms with Crippen LogP contribution in [0.1, 0.15) is 11.7 Å². The molecular weight excluding hydrogens is 168 g/mol. The fourth-order valence-electron chi connectivity index (χ4n) is 1.39. The van der Waals surface area contributed by atoms with Crippen molar-refractivity contribution in [2.75, 3.05) is 13.7 Å². The second-order valence-corrected chi connectivity index (χ2v) is 3.05. The maximum absolute atomic E-state index is 8.81. The summed E-state index contributed by atoms with van der Waals surface area (Å²) in [6.45, 7) is 0.0852. The molecule has 0 aliphatic carbocycles. The van der Waals surface area contributed by atoms with Crippen LogP contribution >= 0.6 is 0 Å². The highest BCUT2D eigenvalue weighted by molar-refractivity contribution is 5.32. The van der Waals surface area contributed by atoms with Crippen molar-refractivity contribution in [1.29, 1.82) is 0 Å². The highest BCUT2D eigenvalue weighted by Gasteiger charge is 2.39. The number of benzene rings is 1. The van der Waals surface area contributed by atoms with Crippen LogP contribution in [0.2, 0.25) is 0 Å². The van der Waals surface area contributed by atoms with E-state index in [2.05, 4.69) is 0 Å². The molecule has 0 amide bonds. The normalized spacial score (nSPS) is 25.7. The Hall–Kier alpha value is -1.06. The lowest BCUT2D eigenvalue weighted by Gasteiger charge is -2.00. The van der Waals surface area contributed by atoms with Crippen LogP contribution in [0.4, 0.5) is 0 Å². The van der Waals surface area contributed by atoms with Gasteiger partial charge in [-0.25, -0.2) is 0 Å². The molecule has 3 nitrogen and oxygen atoms in total. The summed E-state index contributed by atoms with van der Waals surface area (Å²) in [5.41, 5.74) is 1.07. The van der Waals surface area contributed by atoms with E-state index in [9.17, 15) is 0 Å². The molecule has 0 bridgehead atoms. The van der Waals surface area contributed by atoms with Crippen LogP contribution in [0.25, 0.3) is 0 Å².